The van der Waals surface area contributed by atoms with Gasteiger partial charge in [0.05, 0.1) is 0 Å². The summed E-state index contributed by atoms with van der Waals surface area (Å²) in [5.74, 6) is 1.06. The van der Waals surface area contributed by atoms with Gasteiger partial charge >= 0.3 is 0 Å². The summed E-state index contributed by atoms with van der Waals surface area (Å²) in [4.78, 5) is 11.7. The van der Waals surface area contributed by atoms with Crippen LogP contribution < -0.4 is 4.74 Å². The number of hydrogen-bond acceptors (Lipinski definition) is 4. The van der Waals surface area contributed by atoms with Gasteiger partial charge in [0.1, 0.15) is 6.61 Å². The molecule has 1 aliphatic carbocycles. The van der Waals surface area contributed by atoms with Crippen molar-refractivity contribution >= 4 is 33.4 Å². The third kappa shape index (κ3) is 2.91. The smallest absolute Gasteiger partial charge is 0.234 e. The number of thiol groups is 1. The second-order valence-electron chi connectivity index (χ2n) is 4.78. The molecule has 2 aromatic rings. The first-order valence-electron chi connectivity index (χ1n) is 6.34. The van der Waals surface area contributed by atoms with Gasteiger partial charge in [0.15, 0.2) is 0 Å². The van der Waals surface area contributed by atoms with Crippen molar-refractivity contribution in [3.05, 3.63) is 47.2 Å². The molecule has 0 amide bonds. The molecule has 1 heterocycles. The third-order valence-corrected chi connectivity index (χ3v) is 4.01. The number of benzene rings is 1. The molecule has 0 bridgehead atoms. The number of carbonyl (C=O) groups excluding carboxylic acids is 1. The molecule has 4 nitrogen and oxygen atoms in total. The molecule has 0 N–H and O–H groups in total. The maximum Gasteiger partial charge on any atom is 0.234 e. The Labute approximate surface area is 130 Å². The molecular weight excluding hydrogens is 340 g/mol. The Morgan fingerprint density at radius 3 is 2.85 bits per heavy atom. The lowest BCUT2D eigenvalue weighted by atomic mass is 9.99. The summed E-state index contributed by atoms with van der Waals surface area (Å²) in [6, 6.07) is 7.56. The van der Waals surface area contributed by atoms with E-state index in [9.17, 15) is 4.79 Å². The molecular formula is C14H13BrN2O2S. The van der Waals surface area contributed by atoms with E-state index >= 15 is 0 Å². The fourth-order valence-electron chi connectivity index (χ4n) is 2.25. The molecule has 0 unspecified atom stereocenters. The molecule has 104 valence electrons. The van der Waals surface area contributed by atoms with Crippen LogP contribution in [0.1, 0.15) is 40.2 Å². The molecule has 1 aromatic heterocycles. The van der Waals surface area contributed by atoms with Gasteiger partial charge in [-0.15, -0.1) is 5.10 Å². The Morgan fingerprint density at radius 2 is 2.25 bits per heavy atom. The van der Waals surface area contributed by atoms with Crippen molar-refractivity contribution in [3.63, 3.8) is 0 Å². The lowest BCUT2D eigenvalue weighted by Crippen LogP contribution is -2.06. The zero-order chi connectivity index (χ0) is 14.1. The van der Waals surface area contributed by atoms with Gasteiger partial charge in [0.2, 0.25) is 10.6 Å². The lowest BCUT2D eigenvalue weighted by Gasteiger charge is -2.12. The summed E-state index contributed by atoms with van der Waals surface area (Å²) >= 11 is 7.11. The quantitative estimate of drug-likeness (QED) is 0.660. The molecule has 0 aliphatic heterocycles. The second kappa shape index (κ2) is 5.61. The van der Waals surface area contributed by atoms with E-state index in [0.717, 1.165) is 5.56 Å². The number of halogens is 1. The first-order chi connectivity index (χ1) is 9.65. The van der Waals surface area contributed by atoms with Crippen LogP contribution in [0, 0.1) is 0 Å². The Bertz CT molecular complexity index is 652. The molecule has 0 spiro atoms. The van der Waals surface area contributed by atoms with Crippen molar-refractivity contribution in [2.45, 2.75) is 25.4 Å². The van der Waals surface area contributed by atoms with Crippen molar-refractivity contribution in [1.29, 1.82) is 0 Å². The van der Waals surface area contributed by atoms with Crippen LogP contribution in [0.5, 0.6) is 5.88 Å². The van der Waals surface area contributed by atoms with E-state index in [4.69, 9.17) is 4.74 Å². The summed E-state index contributed by atoms with van der Waals surface area (Å²) in [5, 5.41) is 4.05. The van der Waals surface area contributed by atoms with E-state index < -0.39 is 0 Å². The van der Waals surface area contributed by atoms with Crippen molar-refractivity contribution in [2.75, 3.05) is 0 Å². The summed E-state index contributed by atoms with van der Waals surface area (Å²) in [6.45, 7) is 0.337. The predicted octanol–water partition coefficient (Wildman–Crippen LogP) is 3.57. The maximum absolute atomic E-state index is 11.7. The van der Waals surface area contributed by atoms with E-state index in [1.54, 1.807) is 12.3 Å². The third-order valence-electron chi connectivity index (χ3n) is 3.36. The number of hydrogen-bond donors (Lipinski definition) is 1. The topological polar surface area (TPSA) is 44.1 Å². The second-order valence-corrected chi connectivity index (χ2v) is 5.91. The number of nitrogens with zero attached hydrogens (tertiary/aromatic N) is 2. The Morgan fingerprint density at radius 1 is 1.45 bits per heavy atom. The SMILES string of the molecule is O=C(Br)c1cccc(C2CC2)c1COc1ccn(S)n1. The number of carbonyl (C=O) groups is 1. The number of ether oxygens (including phenoxy) is 1. The van der Waals surface area contributed by atoms with Crippen LogP contribution >= 0.6 is 28.7 Å². The van der Waals surface area contributed by atoms with Crippen LogP contribution in [0.15, 0.2) is 30.5 Å². The van der Waals surface area contributed by atoms with Gasteiger partial charge in [0.25, 0.3) is 0 Å². The number of rotatable bonds is 5. The molecule has 1 aliphatic rings. The van der Waals surface area contributed by atoms with E-state index in [1.165, 1.54) is 22.5 Å². The molecule has 0 atom stereocenters. The molecule has 1 fully saturated rings. The first kappa shape index (κ1) is 13.7. The minimum absolute atomic E-state index is 0.113. The fraction of sp³-hybridized carbons (Fsp3) is 0.286. The molecule has 1 saturated carbocycles. The summed E-state index contributed by atoms with van der Waals surface area (Å²) in [6.07, 6.45) is 4.05. The Balaban J connectivity index is 1.87. The zero-order valence-corrected chi connectivity index (χ0v) is 13.1. The van der Waals surface area contributed by atoms with Crippen molar-refractivity contribution < 1.29 is 9.53 Å². The molecule has 1 aromatic carbocycles. The molecule has 3 rings (SSSR count). The maximum atomic E-state index is 11.7. The highest BCUT2D eigenvalue weighted by Gasteiger charge is 2.28. The van der Waals surface area contributed by atoms with Gasteiger partial charge < -0.3 is 4.74 Å². The highest BCUT2D eigenvalue weighted by molar-refractivity contribution is 9.18. The zero-order valence-electron chi connectivity index (χ0n) is 10.6. The van der Waals surface area contributed by atoms with E-state index in [1.807, 2.05) is 12.1 Å². The van der Waals surface area contributed by atoms with Crippen LogP contribution in [0.3, 0.4) is 0 Å². The van der Waals surface area contributed by atoms with Crippen LogP contribution in [0.2, 0.25) is 0 Å². The van der Waals surface area contributed by atoms with Crippen LogP contribution in [-0.2, 0) is 6.61 Å². The minimum atomic E-state index is -0.113. The average molecular weight is 353 g/mol. The van der Waals surface area contributed by atoms with Gasteiger partial charge in [-0.2, -0.15) is 0 Å². The van der Waals surface area contributed by atoms with E-state index in [2.05, 4.69) is 39.9 Å². The molecule has 6 heteroatoms. The standard InChI is InChI=1S/C14H13BrN2O2S/c15-14(18)11-3-1-2-10(9-4-5-9)12(11)8-19-13-6-7-17(20)16-13/h1-3,6-7,9,20H,4-5,8H2. The van der Waals surface area contributed by atoms with Crippen LogP contribution in [0.25, 0.3) is 0 Å². The fourth-order valence-corrected chi connectivity index (χ4v) is 2.77. The summed E-state index contributed by atoms with van der Waals surface area (Å²) < 4.78 is 6.94. The average Bonchev–Trinajstić information content (AvgIpc) is 3.19. The largest absolute Gasteiger partial charge is 0.472 e. The predicted molar refractivity (Wildman–Crippen MR) is 82.6 cm³/mol. The monoisotopic (exact) mass is 352 g/mol. The van der Waals surface area contributed by atoms with Gasteiger partial charge in [-0.25, -0.2) is 4.09 Å². The van der Waals surface area contributed by atoms with Gasteiger partial charge in [-0.3, -0.25) is 4.79 Å². The molecule has 0 saturated heterocycles. The number of aromatic nitrogens is 2. The highest BCUT2D eigenvalue weighted by atomic mass is 79.9. The van der Waals surface area contributed by atoms with Crippen molar-refractivity contribution in [3.8, 4) is 5.88 Å². The summed E-state index contributed by atoms with van der Waals surface area (Å²) in [7, 11) is 0. The van der Waals surface area contributed by atoms with Crippen LogP contribution in [0.4, 0.5) is 0 Å². The van der Waals surface area contributed by atoms with Gasteiger partial charge in [-0.1, -0.05) is 18.2 Å². The van der Waals surface area contributed by atoms with E-state index in [0.29, 0.717) is 24.0 Å². The van der Waals surface area contributed by atoms with Gasteiger partial charge in [-0.05, 0) is 53.1 Å². The van der Waals surface area contributed by atoms with Crippen molar-refractivity contribution in [1.82, 2.24) is 9.19 Å². The van der Waals surface area contributed by atoms with Gasteiger partial charge in [0, 0.05) is 23.4 Å². The molecule has 0 radical (unpaired) electrons. The summed E-state index contributed by atoms with van der Waals surface area (Å²) in [5.41, 5.74) is 2.82. The van der Waals surface area contributed by atoms with Crippen LogP contribution in [-0.4, -0.2) is 13.9 Å². The lowest BCUT2D eigenvalue weighted by molar-refractivity contribution is 0.109. The first-order valence-corrected chi connectivity index (χ1v) is 7.54. The van der Waals surface area contributed by atoms with E-state index in [-0.39, 0.29) is 4.69 Å². The normalized spacial score (nSPS) is 14.3. The Kier molecular flexibility index (Phi) is 3.85. The van der Waals surface area contributed by atoms with Crippen molar-refractivity contribution in [2.24, 2.45) is 0 Å². The molecule has 20 heavy (non-hydrogen) atoms. The Hall–Kier alpha value is -1.27. The minimum Gasteiger partial charge on any atom is -0.472 e. The highest BCUT2D eigenvalue weighted by Crippen LogP contribution is 2.42.